The number of ether oxygens (including phenoxy) is 1. The van der Waals surface area contributed by atoms with Crippen molar-refractivity contribution in [1.29, 1.82) is 0 Å². The monoisotopic (exact) mass is 281 g/mol. The van der Waals surface area contributed by atoms with Crippen LogP contribution in [0.25, 0.3) is 11.0 Å². The Morgan fingerprint density at radius 3 is 2.85 bits per heavy atom. The second-order valence-electron chi connectivity index (χ2n) is 5.06. The molecule has 1 N–H and O–H groups in total. The third kappa shape index (κ3) is 3.16. The third-order valence-corrected chi connectivity index (χ3v) is 3.40. The van der Waals surface area contributed by atoms with E-state index in [0.29, 0.717) is 18.3 Å². The predicted molar refractivity (Wildman–Crippen MR) is 71.7 cm³/mol. The third-order valence-electron chi connectivity index (χ3n) is 3.40. The van der Waals surface area contributed by atoms with E-state index in [2.05, 4.69) is 5.32 Å². The highest BCUT2D eigenvalue weighted by Gasteiger charge is 2.22. The molecule has 3 nitrogen and oxygen atoms in total. The number of hydrogen-bond donors (Lipinski definition) is 1. The molecule has 1 fully saturated rings. The first-order valence-electron chi connectivity index (χ1n) is 6.82. The molecule has 0 spiro atoms. The van der Waals surface area contributed by atoms with Crippen LogP contribution in [0.3, 0.4) is 0 Å². The maximum absolute atomic E-state index is 12.1. The molecule has 20 heavy (non-hydrogen) atoms. The van der Waals surface area contributed by atoms with E-state index in [9.17, 15) is 8.78 Å². The Labute approximate surface area is 115 Å². The molecule has 1 aromatic heterocycles. The fraction of sp³-hybridized carbons (Fsp3) is 0.467. The van der Waals surface area contributed by atoms with Gasteiger partial charge in [0.1, 0.15) is 24.6 Å². The Morgan fingerprint density at radius 1 is 1.30 bits per heavy atom. The van der Waals surface area contributed by atoms with Gasteiger partial charge in [-0.2, -0.15) is 0 Å². The van der Waals surface area contributed by atoms with Crippen molar-refractivity contribution in [3.8, 4) is 0 Å². The molecule has 0 amide bonds. The van der Waals surface area contributed by atoms with Crippen molar-refractivity contribution >= 4 is 11.0 Å². The molecule has 2 aromatic rings. The van der Waals surface area contributed by atoms with Crippen LogP contribution in [-0.4, -0.2) is 19.1 Å². The first-order chi connectivity index (χ1) is 9.74. The fourth-order valence-electron chi connectivity index (χ4n) is 2.23. The molecule has 0 bridgehead atoms. The Morgan fingerprint density at radius 2 is 2.10 bits per heavy atom. The van der Waals surface area contributed by atoms with Crippen LogP contribution in [0.2, 0.25) is 0 Å². The molecular formula is C15H17F2NO2. The Balaban J connectivity index is 1.78. The highest BCUT2D eigenvalue weighted by atomic mass is 19.3. The van der Waals surface area contributed by atoms with Crippen molar-refractivity contribution in [2.24, 2.45) is 0 Å². The largest absolute Gasteiger partial charge is 0.458 e. The highest BCUT2D eigenvalue weighted by molar-refractivity contribution is 5.82. The minimum atomic E-state index is -2.45. The minimum Gasteiger partial charge on any atom is -0.458 e. The summed E-state index contributed by atoms with van der Waals surface area (Å²) in [7, 11) is 0. The van der Waals surface area contributed by atoms with Gasteiger partial charge in [0.2, 0.25) is 0 Å². The summed E-state index contributed by atoms with van der Waals surface area (Å²) in [6.45, 7) is 0.211. The van der Waals surface area contributed by atoms with Gasteiger partial charge < -0.3 is 14.5 Å². The topological polar surface area (TPSA) is 34.4 Å². The molecule has 1 aliphatic carbocycles. The van der Waals surface area contributed by atoms with Gasteiger partial charge in [-0.05, 0) is 18.9 Å². The van der Waals surface area contributed by atoms with E-state index in [0.717, 1.165) is 16.5 Å². The van der Waals surface area contributed by atoms with Gasteiger partial charge in [0.15, 0.2) is 0 Å². The number of halogens is 2. The molecule has 1 saturated carbocycles. The lowest BCUT2D eigenvalue weighted by atomic mass is 10.1. The summed E-state index contributed by atoms with van der Waals surface area (Å²) in [4.78, 5) is 0. The summed E-state index contributed by atoms with van der Waals surface area (Å²) in [5, 5.41) is 4.45. The van der Waals surface area contributed by atoms with E-state index in [4.69, 9.17) is 9.15 Å². The van der Waals surface area contributed by atoms with E-state index in [1.807, 2.05) is 24.3 Å². The van der Waals surface area contributed by atoms with Gasteiger partial charge in [0.25, 0.3) is 6.43 Å². The van der Waals surface area contributed by atoms with Gasteiger partial charge in [-0.3, -0.25) is 0 Å². The zero-order valence-corrected chi connectivity index (χ0v) is 11.1. The maximum atomic E-state index is 12.1. The SMILES string of the molecule is FC(F)COCc1oc2ccccc2c1CNC1CC1. The molecule has 3 rings (SSSR count). The van der Waals surface area contributed by atoms with Crippen molar-refractivity contribution in [1.82, 2.24) is 5.32 Å². The first kappa shape index (κ1) is 13.5. The average Bonchev–Trinajstić information content (AvgIpc) is 3.18. The lowest BCUT2D eigenvalue weighted by Gasteiger charge is -2.05. The molecule has 0 unspecified atom stereocenters. The number of para-hydroxylation sites is 1. The van der Waals surface area contributed by atoms with E-state index < -0.39 is 13.0 Å². The van der Waals surface area contributed by atoms with Gasteiger partial charge in [0.05, 0.1) is 0 Å². The smallest absolute Gasteiger partial charge is 0.261 e. The van der Waals surface area contributed by atoms with Crippen LogP contribution < -0.4 is 5.32 Å². The van der Waals surface area contributed by atoms with Crippen LogP contribution >= 0.6 is 0 Å². The second-order valence-corrected chi connectivity index (χ2v) is 5.06. The maximum Gasteiger partial charge on any atom is 0.261 e. The number of alkyl halides is 2. The van der Waals surface area contributed by atoms with Crippen LogP contribution in [0.15, 0.2) is 28.7 Å². The van der Waals surface area contributed by atoms with Crippen LogP contribution in [-0.2, 0) is 17.9 Å². The first-order valence-corrected chi connectivity index (χ1v) is 6.82. The molecule has 0 saturated heterocycles. The van der Waals surface area contributed by atoms with Gasteiger partial charge >= 0.3 is 0 Å². The molecule has 0 atom stereocenters. The van der Waals surface area contributed by atoms with Gasteiger partial charge in [-0.15, -0.1) is 0 Å². The normalized spacial score (nSPS) is 15.3. The van der Waals surface area contributed by atoms with E-state index in [1.165, 1.54) is 12.8 Å². The predicted octanol–water partition coefficient (Wildman–Crippen LogP) is 3.47. The molecule has 1 aromatic carbocycles. The molecule has 1 heterocycles. The van der Waals surface area contributed by atoms with E-state index in [-0.39, 0.29) is 6.61 Å². The fourth-order valence-corrected chi connectivity index (χ4v) is 2.23. The van der Waals surface area contributed by atoms with Gasteiger partial charge in [-0.1, -0.05) is 18.2 Å². The lowest BCUT2D eigenvalue weighted by molar-refractivity contribution is 0.00460. The van der Waals surface area contributed by atoms with Gasteiger partial charge in [-0.25, -0.2) is 8.78 Å². The van der Waals surface area contributed by atoms with E-state index in [1.54, 1.807) is 0 Å². The number of hydrogen-bond acceptors (Lipinski definition) is 3. The van der Waals surface area contributed by atoms with Crippen LogP contribution in [0.1, 0.15) is 24.2 Å². The molecule has 1 aliphatic rings. The molecule has 108 valence electrons. The number of rotatable bonds is 7. The zero-order valence-electron chi connectivity index (χ0n) is 11.1. The zero-order chi connectivity index (χ0) is 13.9. The van der Waals surface area contributed by atoms with Crippen LogP contribution in [0, 0.1) is 0 Å². The van der Waals surface area contributed by atoms with Crippen molar-refractivity contribution < 1.29 is 17.9 Å². The number of benzene rings is 1. The Hall–Kier alpha value is -1.46. The summed E-state index contributed by atoms with van der Waals surface area (Å²) < 4.78 is 35.0. The highest BCUT2D eigenvalue weighted by Crippen LogP contribution is 2.28. The Kier molecular flexibility index (Phi) is 3.98. The second kappa shape index (κ2) is 5.89. The van der Waals surface area contributed by atoms with Gasteiger partial charge in [0, 0.05) is 23.5 Å². The number of nitrogens with one attached hydrogen (secondary N) is 1. The van der Waals surface area contributed by atoms with Crippen molar-refractivity contribution in [3.05, 3.63) is 35.6 Å². The molecule has 0 radical (unpaired) electrons. The van der Waals surface area contributed by atoms with E-state index >= 15 is 0 Å². The van der Waals surface area contributed by atoms with Crippen molar-refractivity contribution in [3.63, 3.8) is 0 Å². The lowest BCUT2D eigenvalue weighted by Crippen LogP contribution is -2.16. The van der Waals surface area contributed by atoms with Crippen molar-refractivity contribution in [2.45, 2.75) is 38.5 Å². The summed E-state index contributed by atoms with van der Waals surface area (Å²) in [6.07, 6.45) is -0.0487. The summed E-state index contributed by atoms with van der Waals surface area (Å²) in [5.41, 5.74) is 1.79. The molecular weight excluding hydrogens is 264 g/mol. The number of furan rings is 1. The molecule has 5 heteroatoms. The number of fused-ring (bicyclic) bond motifs is 1. The molecule has 0 aliphatic heterocycles. The van der Waals surface area contributed by atoms with Crippen molar-refractivity contribution in [2.75, 3.05) is 6.61 Å². The Bertz CT molecular complexity index is 578. The summed E-state index contributed by atoms with van der Waals surface area (Å²) >= 11 is 0. The van der Waals surface area contributed by atoms with Crippen LogP contribution in [0.4, 0.5) is 8.78 Å². The summed E-state index contributed by atoms with van der Waals surface area (Å²) in [6, 6.07) is 8.29. The average molecular weight is 281 g/mol. The standard InChI is InChI=1S/C15H17F2NO2/c16-15(17)9-19-8-14-12(7-18-10-5-6-10)11-3-1-2-4-13(11)20-14/h1-4,10,15,18H,5-9H2. The summed E-state index contributed by atoms with van der Waals surface area (Å²) in [5.74, 6) is 0.639. The minimum absolute atomic E-state index is 0.0840. The van der Waals surface area contributed by atoms with Crippen LogP contribution in [0.5, 0.6) is 0 Å². The quantitative estimate of drug-likeness (QED) is 0.844.